The average Bonchev–Trinajstić information content (AvgIpc) is 2.57. The number of carbonyl (C=O) groups excluding carboxylic acids is 1. The molecule has 0 heterocycles. The van der Waals surface area contributed by atoms with E-state index in [1.54, 1.807) is 0 Å². The Morgan fingerprint density at radius 2 is 1.45 bits per heavy atom. The molecule has 0 saturated heterocycles. The predicted octanol–water partition coefficient (Wildman–Crippen LogP) is 3.56. The second-order valence-electron chi connectivity index (χ2n) is 5.26. The first-order chi connectivity index (χ1) is 10.7. The Labute approximate surface area is 133 Å². The molecule has 0 atom stereocenters. The van der Waals surface area contributed by atoms with Gasteiger partial charge in [-0.3, -0.25) is 9.69 Å². The molecule has 0 aromatic heterocycles. The van der Waals surface area contributed by atoms with Crippen LogP contribution in [0.5, 0.6) is 0 Å². The highest BCUT2D eigenvalue weighted by Crippen LogP contribution is 2.14. The van der Waals surface area contributed by atoms with Crippen molar-refractivity contribution in [3.63, 3.8) is 0 Å². The molecule has 0 saturated carbocycles. The number of benzene rings is 2. The highest BCUT2D eigenvalue weighted by atomic mass is 16.2. The van der Waals surface area contributed by atoms with Crippen LogP contribution in [0.25, 0.3) is 0 Å². The van der Waals surface area contributed by atoms with Crippen LogP contribution in [0.3, 0.4) is 0 Å². The van der Waals surface area contributed by atoms with Gasteiger partial charge in [-0.05, 0) is 31.2 Å². The highest BCUT2D eigenvalue weighted by molar-refractivity contribution is 5.94. The average molecular weight is 296 g/mol. The third-order valence-corrected chi connectivity index (χ3v) is 3.74. The van der Waals surface area contributed by atoms with Crippen molar-refractivity contribution in [2.24, 2.45) is 0 Å². The first kappa shape index (κ1) is 16.2. The topological polar surface area (TPSA) is 23.6 Å². The Morgan fingerprint density at radius 1 is 0.864 bits per heavy atom. The van der Waals surface area contributed by atoms with Crippen molar-refractivity contribution in [1.29, 1.82) is 0 Å². The third kappa shape index (κ3) is 4.43. The molecule has 22 heavy (non-hydrogen) atoms. The van der Waals surface area contributed by atoms with E-state index < -0.39 is 0 Å². The number of rotatable bonds is 7. The predicted molar refractivity (Wildman–Crippen MR) is 91.9 cm³/mol. The summed E-state index contributed by atoms with van der Waals surface area (Å²) in [5.41, 5.74) is 2.20. The monoisotopic (exact) mass is 296 g/mol. The third-order valence-electron chi connectivity index (χ3n) is 3.74. The normalized spacial score (nSPS) is 10.7. The summed E-state index contributed by atoms with van der Waals surface area (Å²) in [5, 5.41) is 0. The van der Waals surface area contributed by atoms with Gasteiger partial charge in [0, 0.05) is 18.8 Å². The van der Waals surface area contributed by atoms with Gasteiger partial charge in [-0.15, -0.1) is 0 Å². The fourth-order valence-corrected chi connectivity index (χ4v) is 2.51. The maximum Gasteiger partial charge on any atom is 0.241 e. The standard InChI is InChI=1S/C19H24N2O/c1-3-20(15-17-11-7-5-8-12-17)16-19(22)21(4-2)18-13-9-6-10-14-18/h5-14H,3-4,15-16H2,1-2H3. The van der Waals surface area contributed by atoms with Crippen LogP contribution in [-0.2, 0) is 11.3 Å². The van der Waals surface area contributed by atoms with Gasteiger partial charge in [0.1, 0.15) is 0 Å². The molecule has 0 N–H and O–H groups in total. The molecule has 2 aromatic carbocycles. The maximum absolute atomic E-state index is 12.6. The van der Waals surface area contributed by atoms with Crippen molar-refractivity contribution < 1.29 is 4.79 Å². The summed E-state index contributed by atoms with van der Waals surface area (Å²) in [6.07, 6.45) is 0. The van der Waals surface area contributed by atoms with Gasteiger partial charge in [-0.25, -0.2) is 0 Å². The number of amides is 1. The number of nitrogens with zero attached hydrogens (tertiary/aromatic N) is 2. The van der Waals surface area contributed by atoms with E-state index in [0.29, 0.717) is 13.1 Å². The molecule has 0 aliphatic rings. The zero-order chi connectivity index (χ0) is 15.8. The van der Waals surface area contributed by atoms with Crippen LogP contribution in [0.15, 0.2) is 60.7 Å². The smallest absolute Gasteiger partial charge is 0.241 e. The summed E-state index contributed by atoms with van der Waals surface area (Å²) in [6.45, 7) is 6.88. The fraction of sp³-hybridized carbons (Fsp3) is 0.316. The van der Waals surface area contributed by atoms with Crippen molar-refractivity contribution >= 4 is 11.6 Å². The molecular formula is C19H24N2O. The van der Waals surface area contributed by atoms with Gasteiger partial charge in [-0.2, -0.15) is 0 Å². The molecular weight excluding hydrogens is 272 g/mol. The van der Waals surface area contributed by atoms with Gasteiger partial charge >= 0.3 is 0 Å². The molecule has 0 spiro atoms. The molecule has 0 radical (unpaired) electrons. The van der Waals surface area contributed by atoms with Gasteiger partial charge < -0.3 is 4.90 Å². The van der Waals surface area contributed by atoms with E-state index in [4.69, 9.17) is 0 Å². The Kier molecular flexibility index (Phi) is 6.16. The summed E-state index contributed by atoms with van der Waals surface area (Å²) < 4.78 is 0. The lowest BCUT2D eigenvalue weighted by atomic mass is 10.2. The van der Waals surface area contributed by atoms with Crippen LogP contribution >= 0.6 is 0 Å². The summed E-state index contributed by atoms with van der Waals surface area (Å²) in [7, 11) is 0. The summed E-state index contributed by atoms with van der Waals surface area (Å²) in [4.78, 5) is 16.6. The summed E-state index contributed by atoms with van der Waals surface area (Å²) in [6, 6.07) is 20.1. The van der Waals surface area contributed by atoms with E-state index in [2.05, 4.69) is 24.0 Å². The van der Waals surface area contributed by atoms with E-state index in [0.717, 1.165) is 18.8 Å². The molecule has 2 rings (SSSR count). The molecule has 0 fully saturated rings. The number of hydrogen-bond donors (Lipinski definition) is 0. The lowest BCUT2D eigenvalue weighted by Crippen LogP contribution is -2.40. The molecule has 0 bridgehead atoms. The lowest BCUT2D eigenvalue weighted by Gasteiger charge is -2.26. The van der Waals surface area contributed by atoms with Gasteiger partial charge in [0.05, 0.1) is 6.54 Å². The Balaban J connectivity index is 2.02. The van der Waals surface area contributed by atoms with Gasteiger partial charge in [-0.1, -0.05) is 55.5 Å². The van der Waals surface area contributed by atoms with Gasteiger partial charge in [0.25, 0.3) is 0 Å². The van der Waals surface area contributed by atoms with E-state index in [-0.39, 0.29) is 5.91 Å². The van der Waals surface area contributed by atoms with E-state index in [1.165, 1.54) is 5.56 Å². The lowest BCUT2D eigenvalue weighted by molar-refractivity contribution is -0.119. The minimum Gasteiger partial charge on any atom is -0.312 e. The van der Waals surface area contributed by atoms with Crippen molar-refractivity contribution in [3.8, 4) is 0 Å². The molecule has 1 amide bonds. The van der Waals surface area contributed by atoms with E-state index >= 15 is 0 Å². The van der Waals surface area contributed by atoms with E-state index in [1.807, 2.05) is 60.4 Å². The Hall–Kier alpha value is -2.13. The first-order valence-corrected chi connectivity index (χ1v) is 7.86. The fourth-order valence-electron chi connectivity index (χ4n) is 2.51. The maximum atomic E-state index is 12.6. The van der Waals surface area contributed by atoms with E-state index in [9.17, 15) is 4.79 Å². The Morgan fingerprint density at radius 3 is 2.00 bits per heavy atom. The van der Waals surface area contributed by atoms with Crippen molar-refractivity contribution in [2.45, 2.75) is 20.4 Å². The summed E-state index contributed by atoms with van der Waals surface area (Å²) in [5.74, 6) is 0.145. The number of anilines is 1. The molecule has 3 heteroatoms. The molecule has 116 valence electrons. The molecule has 3 nitrogen and oxygen atoms in total. The summed E-state index contributed by atoms with van der Waals surface area (Å²) >= 11 is 0. The first-order valence-electron chi connectivity index (χ1n) is 7.86. The molecule has 2 aromatic rings. The van der Waals surface area contributed by atoms with Crippen molar-refractivity contribution in [1.82, 2.24) is 4.90 Å². The Bertz CT molecular complexity index is 569. The zero-order valence-corrected chi connectivity index (χ0v) is 13.4. The van der Waals surface area contributed by atoms with Crippen molar-refractivity contribution in [2.75, 3.05) is 24.5 Å². The second-order valence-corrected chi connectivity index (χ2v) is 5.26. The van der Waals surface area contributed by atoms with Crippen LogP contribution in [0, 0.1) is 0 Å². The minimum absolute atomic E-state index is 0.145. The highest BCUT2D eigenvalue weighted by Gasteiger charge is 2.16. The van der Waals surface area contributed by atoms with Crippen LogP contribution in [0.2, 0.25) is 0 Å². The van der Waals surface area contributed by atoms with Crippen LogP contribution < -0.4 is 4.90 Å². The number of para-hydroxylation sites is 1. The quantitative estimate of drug-likeness (QED) is 0.780. The molecule has 0 aliphatic heterocycles. The van der Waals surface area contributed by atoms with Crippen molar-refractivity contribution in [3.05, 3.63) is 66.2 Å². The largest absolute Gasteiger partial charge is 0.312 e. The molecule has 0 unspecified atom stereocenters. The van der Waals surface area contributed by atoms with Crippen LogP contribution in [-0.4, -0.2) is 30.4 Å². The van der Waals surface area contributed by atoms with Crippen LogP contribution in [0.4, 0.5) is 5.69 Å². The number of hydrogen-bond acceptors (Lipinski definition) is 2. The molecule has 0 aliphatic carbocycles. The minimum atomic E-state index is 0.145. The van der Waals surface area contributed by atoms with Gasteiger partial charge in [0.2, 0.25) is 5.91 Å². The number of carbonyl (C=O) groups is 1. The second kappa shape index (κ2) is 8.35. The van der Waals surface area contributed by atoms with Gasteiger partial charge in [0.15, 0.2) is 0 Å². The zero-order valence-electron chi connectivity index (χ0n) is 13.4. The SMILES string of the molecule is CCN(CC(=O)N(CC)c1ccccc1)Cc1ccccc1. The number of likely N-dealkylation sites (N-methyl/N-ethyl adjacent to an activating group) is 2. The van der Waals surface area contributed by atoms with Crippen LogP contribution in [0.1, 0.15) is 19.4 Å².